The Morgan fingerprint density at radius 1 is 1.33 bits per heavy atom. The van der Waals surface area contributed by atoms with E-state index in [4.69, 9.17) is 0 Å². The van der Waals surface area contributed by atoms with Crippen LogP contribution in [0.3, 0.4) is 0 Å². The number of hydrogen-bond acceptors (Lipinski definition) is 3. The second kappa shape index (κ2) is 7.82. The fourth-order valence-corrected chi connectivity index (χ4v) is 1.26. The van der Waals surface area contributed by atoms with Gasteiger partial charge in [-0.1, -0.05) is 13.8 Å². The van der Waals surface area contributed by atoms with E-state index in [1.807, 2.05) is 20.8 Å². The predicted octanol–water partition coefficient (Wildman–Crippen LogP) is 0.258. The van der Waals surface area contributed by atoms with Crippen LogP contribution in [-0.2, 0) is 15.6 Å². The number of amides is 1. The van der Waals surface area contributed by atoms with Crippen LogP contribution < -0.4 is 10.6 Å². The molecule has 5 heteroatoms. The summed E-state index contributed by atoms with van der Waals surface area (Å²) in [6.45, 7) is 7.12. The predicted molar refractivity (Wildman–Crippen MR) is 64.3 cm³/mol. The van der Waals surface area contributed by atoms with Gasteiger partial charge in [0.05, 0.1) is 0 Å². The molecule has 90 valence electrons. The summed E-state index contributed by atoms with van der Waals surface area (Å²) in [6, 6.07) is 0.403. The number of carbonyl (C=O) groups excluding carboxylic acids is 1. The van der Waals surface area contributed by atoms with Gasteiger partial charge >= 0.3 is 0 Å². The van der Waals surface area contributed by atoms with Crippen LogP contribution in [0.5, 0.6) is 0 Å². The molecule has 2 unspecified atom stereocenters. The van der Waals surface area contributed by atoms with Crippen molar-refractivity contribution in [1.82, 2.24) is 10.6 Å². The maximum Gasteiger partial charge on any atom is 0.221 e. The van der Waals surface area contributed by atoms with Gasteiger partial charge in [-0.2, -0.15) is 0 Å². The highest BCUT2D eigenvalue weighted by atomic mass is 32.2. The fourth-order valence-electron chi connectivity index (χ4n) is 0.938. The Labute approximate surface area is 94.7 Å². The van der Waals surface area contributed by atoms with Crippen LogP contribution >= 0.6 is 0 Å². The average Bonchev–Trinajstić information content (AvgIpc) is 2.13. The molecule has 0 radical (unpaired) electrons. The normalized spacial score (nSPS) is 15.0. The van der Waals surface area contributed by atoms with Crippen LogP contribution in [-0.4, -0.2) is 40.8 Å². The van der Waals surface area contributed by atoms with Crippen LogP contribution in [0.4, 0.5) is 0 Å². The Morgan fingerprint density at radius 3 is 2.40 bits per heavy atom. The highest BCUT2D eigenvalue weighted by molar-refractivity contribution is 7.84. The van der Waals surface area contributed by atoms with Crippen molar-refractivity contribution in [2.24, 2.45) is 0 Å². The van der Waals surface area contributed by atoms with Gasteiger partial charge in [0.15, 0.2) is 0 Å². The maximum absolute atomic E-state index is 11.3. The van der Waals surface area contributed by atoms with Crippen LogP contribution in [0, 0.1) is 0 Å². The summed E-state index contributed by atoms with van der Waals surface area (Å²) in [6.07, 6.45) is 2.12. The minimum Gasteiger partial charge on any atom is -0.355 e. The molecule has 0 saturated heterocycles. The molecular weight excluding hydrogens is 212 g/mol. The van der Waals surface area contributed by atoms with E-state index in [1.54, 1.807) is 6.26 Å². The molecule has 0 aliphatic carbocycles. The van der Waals surface area contributed by atoms with Crippen molar-refractivity contribution in [3.05, 3.63) is 0 Å². The number of hydrogen-bond donors (Lipinski definition) is 2. The van der Waals surface area contributed by atoms with E-state index in [9.17, 15) is 9.00 Å². The maximum atomic E-state index is 11.3. The van der Waals surface area contributed by atoms with Crippen molar-refractivity contribution in [2.75, 3.05) is 19.3 Å². The highest BCUT2D eigenvalue weighted by Gasteiger charge is 2.08. The van der Waals surface area contributed by atoms with E-state index < -0.39 is 10.8 Å². The molecule has 0 aromatic carbocycles. The zero-order chi connectivity index (χ0) is 11.8. The quantitative estimate of drug-likeness (QED) is 0.664. The summed E-state index contributed by atoms with van der Waals surface area (Å²) < 4.78 is 11.0. The van der Waals surface area contributed by atoms with E-state index in [-0.39, 0.29) is 11.2 Å². The first kappa shape index (κ1) is 14.6. The van der Waals surface area contributed by atoms with Gasteiger partial charge in [-0.15, -0.1) is 0 Å². The highest BCUT2D eigenvalue weighted by Crippen LogP contribution is 1.90. The minimum absolute atomic E-state index is 0.0143. The summed E-state index contributed by atoms with van der Waals surface area (Å²) in [5.74, 6) is 0.0143. The lowest BCUT2D eigenvalue weighted by atomic mass is 10.3. The summed E-state index contributed by atoms with van der Waals surface area (Å²) in [7, 11) is -0.870. The van der Waals surface area contributed by atoms with Gasteiger partial charge in [0.2, 0.25) is 5.91 Å². The first-order valence-electron chi connectivity index (χ1n) is 5.25. The van der Waals surface area contributed by atoms with Crippen molar-refractivity contribution < 1.29 is 9.00 Å². The van der Waals surface area contributed by atoms with Gasteiger partial charge < -0.3 is 10.6 Å². The van der Waals surface area contributed by atoms with Gasteiger partial charge in [0, 0.05) is 47.9 Å². The van der Waals surface area contributed by atoms with Crippen molar-refractivity contribution in [3.8, 4) is 0 Å². The molecule has 0 rings (SSSR count). The molecule has 2 atom stereocenters. The van der Waals surface area contributed by atoms with E-state index >= 15 is 0 Å². The summed E-state index contributed by atoms with van der Waals surface area (Å²) >= 11 is 0. The molecule has 0 aliphatic heterocycles. The second-order valence-electron chi connectivity index (χ2n) is 3.97. The average molecular weight is 234 g/mol. The van der Waals surface area contributed by atoms with Crippen molar-refractivity contribution in [3.63, 3.8) is 0 Å². The Balaban J connectivity index is 3.53. The fraction of sp³-hybridized carbons (Fsp3) is 0.900. The van der Waals surface area contributed by atoms with E-state index in [0.29, 0.717) is 25.6 Å². The monoisotopic (exact) mass is 234 g/mol. The van der Waals surface area contributed by atoms with Crippen molar-refractivity contribution >= 4 is 16.7 Å². The third kappa shape index (κ3) is 8.57. The minimum atomic E-state index is -0.870. The van der Waals surface area contributed by atoms with Crippen molar-refractivity contribution in [1.29, 1.82) is 0 Å². The molecule has 1 amide bonds. The summed E-state index contributed by atoms with van der Waals surface area (Å²) in [4.78, 5) is 11.3. The lowest BCUT2D eigenvalue weighted by Gasteiger charge is -2.11. The van der Waals surface area contributed by atoms with Gasteiger partial charge in [-0.3, -0.25) is 9.00 Å². The molecule has 0 fully saturated rings. The van der Waals surface area contributed by atoms with Gasteiger partial charge in [0.1, 0.15) is 0 Å². The lowest BCUT2D eigenvalue weighted by molar-refractivity contribution is -0.120. The van der Waals surface area contributed by atoms with E-state index in [2.05, 4.69) is 10.6 Å². The lowest BCUT2D eigenvalue weighted by Crippen LogP contribution is -2.35. The zero-order valence-corrected chi connectivity index (χ0v) is 10.8. The van der Waals surface area contributed by atoms with E-state index in [1.165, 1.54) is 0 Å². The standard InChI is InChI=1S/C10H22N2O2S/c1-8(2)11-6-5-10(13)12-7-9(3)15(4)14/h8-9,11H,5-7H2,1-4H3,(H,12,13). The first-order chi connectivity index (χ1) is 6.93. The molecule has 4 nitrogen and oxygen atoms in total. The number of nitrogens with one attached hydrogen (secondary N) is 2. The largest absolute Gasteiger partial charge is 0.355 e. The molecule has 0 aliphatic rings. The molecule has 0 aromatic rings. The Kier molecular flexibility index (Phi) is 7.60. The molecule has 0 bridgehead atoms. The van der Waals surface area contributed by atoms with Crippen LogP contribution in [0.25, 0.3) is 0 Å². The molecule has 2 N–H and O–H groups in total. The molecule has 0 heterocycles. The summed E-state index contributed by atoms with van der Waals surface area (Å²) in [5.41, 5.74) is 0. The van der Waals surface area contributed by atoms with Gasteiger partial charge in [0.25, 0.3) is 0 Å². The number of carbonyl (C=O) groups is 1. The smallest absolute Gasteiger partial charge is 0.221 e. The molecule has 15 heavy (non-hydrogen) atoms. The van der Waals surface area contributed by atoms with Crippen LogP contribution in [0.15, 0.2) is 0 Å². The third-order valence-electron chi connectivity index (χ3n) is 2.06. The summed E-state index contributed by atoms with van der Waals surface area (Å²) in [5, 5.41) is 5.95. The molecule has 0 aromatic heterocycles. The van der Waals surface area contributed by atoms with E-state index in [0.717, 1.165) is 0 Å². The zero-order valence-electron chi connectivity index (χ0n) is 10.0. The SMILES string of the molecule is CC(C)NCCC(=O)NCC(C)S(C)=O. The van der Waals surface area contributed by atoms with Gasteiger partial charge in [-0.25, -0.2) is 0 Å². The molecule has 0 spiro atoms. The Bertz CT molecular complexity index is 219. The van der Waals surface area contributed by atoms with Crippen LogP contribution in [0.1, 0.15) is 27.2 Å². The first-order valence-corrected chi connectivity index (χ1v) is 6.88. The van der Waals surface area contributed by atoms with Crippen LogP contribution in [0.2, 0.25) is 0 Å². The Morgan fingerprint density at radius 2 is 1.93 bits per heavy atom. The molecule has 0 saturated carbocycles. The molecular formula is C10H22N2O2S. The van der Waals surface area contributed by atoms with Gasteiger partial charge in [-0.05, 0) is 6.92 Å². The van der Waals surface area contributed by atoms with Crippen molar-refractivity contribution in [2.45, 2.75) is 38.5 Å². The Hall–Kier alpha value is -0.420. The number of rotatable bonds is 7. The second-order valence-corrected chi connectivity index (χ2v) is 5.77. The topological polar surface area (TPSA) is 58.2 Å². The third-order valence-corrected chi connectivity index (χ3v) is 3.36.